The van der Waals surface area contributed by atoms with E-state index in [1.54, 1.807) is 17.1 Å². The molecule has 0 aliphatic carbocycles. The molecule has 0 unspecified atom stereocenters. The Morgan fingerprint density at radius 3 is 2.69 bits per heavy atom. The lowest BCUT2D eigenvalue weighted by Crippen LogP contribution is -2.21. The standard InChI is InChI=1S/C23H19ClN6OS/c1-15-19-11-20(32-23(19)30(28-15)14-16-3-6-18(24)7-4-16)22(31)26-13-17-5-8-21(25-12-17)29-10-2-9-27-29/h2-12H,13-14H2,1H3,(H,26,31). The normalized spacial score (nSPS) is 11.2. The molecule has 4 aromatic heterocycles. The fraction of sp³-hybridized carbons (Fsp3) is 0.130. The van der Waals surface area contributed by atoms with Gasteiger partial charge < -0.3 is 5.32 Å². The largest absolute Gasteiger partial charge is 0.347 e. The Morgan fingerprint density at radius 2 is 1.97 bits per heavy atom. The Hall–Kier alpha value is -3.49. The number of pyridine rings is 1. The van der Waals surface area contributed by atoms with Crippen LogP contribution in [0.3, 0.4) is 0 Å². The lowest BCUT2D eigenvalue weighted by atomic mass is 10.2. The molecule has 0 spiro atoms. The number of amides is 1. The number of halogens is 1. The van der Waals surface area contributed by atoms with Crippen molar-refractivity contribution >= 4 is 39.1 Å². The summed E-state index contributed by atoms with van der Waals surface area (Å²) < 4.78 is 3.63. The van der Waals surface area contributed by atoms with Crippen molar-refractivity contribution in [3.05, 3.63) is 93.8 Å². The highest BCUT2D eigenvalue weighted by molar-refractivity contribution is 7.20. The van der Waals surface area contributed by atoms with Crippen molar-refractivity contribution in [1.29, 1.82) is 0 Å². The molecule has 0 saturated heterocycles. The van der Waals surface area contributed by atoms with Crippen LogP contribution in [0, 0.1) is 6.92 Å². The molecule has 7 nitrogen and oxygen atoms in total. The molecular weight excluding hydrogens is 444 g/mol. The highest BCUT2D eigenvalue weighted by Crippen LogP contribution is 2.29. The topological polar surface area (TPSA) is 77.6 Å². The van der Waals surface area contributed by atoms with Gasteiger partial charge in [0.2, 0.25) is 0 Å². The summed E-state index contributed by atoms with van der Waals surface area (Å²) in [4.78, 5) is 18.8. The Labute approximate surface area is 193 Å². The number of hydrogen-bond donors (Lipinski definition) is 1. The second kappa shape index (κ2) is 8.57. The highest BCUT2D eigenvalue weighted by Gasteiger charge is 2.16. The average Bonchev–Trinajstić information content (AvgIpc) is 3.54. The summed E-state index contributed by atoms with van der Waals surface area (Å²) in [7, 11) is 0. The van der Waals surface area contributed by atoms with Crippen molar-refractivity contribution < 1.29 is 4.79 Å². The fourth-order valence-electron chi connectivity index (χ4n) is 3.43. The number of aromatic nitrogens is 5. The lowest BCUT2D eigenvalue weighted by molar-refractivity contribution is 0.0955. The van der Waals surface area contributed by atoms with E-state index in [1.165, 1.54) is 11.3 Å². The second-order valence-corrected chi connectivity index (χ2v) is 8.82. The number of carbonyl (C=O) groups is 1. The number of hydrogen-bond acceptors (Lipinski definition) is 5. The maximum absolute atomic E-state index is 12.8. The predicted octanol–water partition coefficient (Wildman–Crippen LogP) is 4.62. The molecular formula is C23H19ClN6OS. The molecule has 4 heterocycles. The van der Waals surface area contributed by atoms with Gasteiger partial charge in [-0.05, 0) is 48.4 Å². The summed E-state index contributed by atoms with van der Waals surface area (Å²) in [5.41, 5.74) is 2.92. The van der Waals surface area contributed by atoms with E-state index in [4.69, 9.17) is 11.6 Å². The molecule has 1 aromatic carbocycles. The predicted molar refractivity (Wildman–Crippen MR) is 125 cm³/mol. The summed E-state index contributed by atoms with van der Waals surface area (Å²) in [5.74, 6) is 0.620. The quantitative estimate of drug-likeness (QED) is 0.399. The fourth-order valence-corrected chi connectivity index (χ4v) is 4.63. The van der Waals surface area contributed by atoms with Gasteiger partial charge in [-0.25, -0.2) is 9.67 Å². The van der Waals surface area contributed by atoms with Crippen LogP contribution in [0.2, 0.25) is 5.02 Å². The molecule has 0 aliphatic heterocycles. The van der Waals surface area contributed by atoms with Crippen LogP contribution in [0.1, 0.15) is 26.5 Å². The van der Waals surface area contributed by atoms with Gasteiger partial charge in [-0.2, -0.15) is 10.2 Å². The molecule has 0 radical (unpaired) electrons. The van der Waals surface area contributed by atoms with Gasteiger partial charge in [0.25, 0.3) is 5.91 Å². The smallest absolute Gasteiger partial charge is 0.261 e. The van der Waals surface area contributed by atoms with Crippen LogP contribution >= 0.6 is 22.9 Å². The third-order valence-corrected chi connectivity index (χ3v) is 6.48. The Balaban J connectivity index is 1.29. The van der Waals surface area contributed by atoms with Crippen LogP contribution < -0.4 is 5.32 Å². The zero-order valence-electron chi connectivity index (χ0n) is 17.2. The molecule has 32 heavy (non-hydrogen) atoms. The number of carbonyl (C=O) groups excluding carboxylic acids is 1. The molecule has 5 aromatic rings. The van der Waals surface area contributed by atoms with E-state index in [1.807, 2.05) is 66.3 Å². The van der Waals surface area contributed by atoms with Gasteiger partial charge in [0.05, 0.1) is 17.1 Å². The van der Waals surface area contributed by atoms with Gasteiger partial charge in [0, 0.05) is 35.5 Å². The minimum atomic E-state index is -0.111. The van der Waals surface area contributed by atoms with Crippen molar-refractivity contribution in [2.45, 2.75) is 20.0 Å². The molecule has 0 fully saturated rings. The minimum Gasteiger partial charge on any atom is -0.347 e. The molecule has 0 bridgehead atoms. The van der Waals surface area contributed by atoms with E-state index in [9.17, 15) is 4.79 Å². The molecule has 0 saturated carbocycles. The SMILES string of the molecule is Cc1nn(Cc2ccc(Cl)cc2)c2sc(C(=O)NCc3ccc(-n4cccn4)nc3)cc12. The van der Waals surface area contributed by atoms with Gasteiger partial charge in [-0.3, -0.25) is 9.48 Å². The molecule has 5 rings (SSSR count). The number of nitrogens with zero attached hydrogens (tertiary/aromatic N) is 5. The summed E-state index contributed by atoms with van der Waals surface area (Å²) in [6.07, 6.45) is 5.29. The van der Waals surface area contributed by atoms with Crippen molar-refractivity contribution in [2.24, 2.45) is 0 Å². The first-order valence-electron chi connectivity index (χ1n) is 10.0. The number of fused-ring (bicyclic) bond motifs is 1. The number of thiophene rings is 1. The lowest BCUT2D eigenvalue weighted by Gasteiger charge is -2.05. The first kappa shape index (κ1) is 20.4. The van der Waals surface area contributed by atoms with Crippen LogP contribution in [0.15, 0.2) is 67.1 Å². The van der Waals surface area contributed by atoms with Crippen LogP contribution in [-0.4, -0.2) is 30.5 Å². The van der Waals surface area contributed by atoms with Crippen LogP contribution in [0.5, 0.6) is 0 Å². The van der Waals surface area contributed by atoms with Crippen LogP contribution in [0.25, 0.3) is 16.0 Å². The van der Waals surface area contributed by atoms with Gasteiger partial charge >= 0.3 is 0 Å². The average molecular weight is 463 g/mol. The van der Waals surface area contributed by atoms with E-state index in [0.29, 0.717) is 23.0 Å². The van der Waals surface area contributed by atoms with E-state index < -0.39 is 0 Å². The van der Waals surface area contributed by atoms with E-state index in [2.05, 4.69) is 20.5 Å². The Kier molecular flexibility index (Phi) is 5.46. The first-order valence-corrected chi connectivity index (χ1v) is 11.2. The number of benzene rings is 1. The van der Waals surface area contributed by atoms with E-state index in [0.717, 1.165) is 32.9 Å². The number of nitrogens with one attached hydrogen (secondary N) is 1. The summed E-state index contributed by atoms with van der Waals surface area (Å²) in [5, 5.41) is 13.5. The molecule has 1 N–H and O–H groups in total. The van der Waals surface area contributed by atoms with Gasteiger partial charge in [-0.1, -0.05) is 29.8 Å². The molecule has 160 valence electrons. The third-order valence-electron chi connectivity index (χ3n) is 5.08. The molecule has 1 amide bonds. The third kappa shape index (κ3) is 4.15. The van der Waals surface area contributed by atoms with Crippen molar-refractivity contribution in [3.63, 3.8) is 0 Å². The number of aryl methyl sites for hydroxylation is 1. The molecule has 0 atom stereocenters. The highest BCUT2D eigenvalue weighted by atomic mass is 35.5. The Bertz CT molecular complexity index is 1370. The minimum absolute atomic E-state index is 0.111. The second-order valence-electron chi connectivity index (χ2n) is 7.36. The molecule has 0 aliphatic rings. The van der Waals surface area contributed by atoms with Gasteiger partial charge in [-0.15, -0.1) is 11.3 Å². The van der Waals surface area contributed by atoms with Crippen LogP contribution in [0.4, 0.5) is 0 Å². The van der Waals surface area contributed by atoms with Crippen LogP contribution in [-0.2, 0) is 13.1 Å². The summed E-state index contributed by atoms with van der Waals surface area (Å²) in [6, 6.07) is 15.3. The zero-order valence-corrected chi connectivity index (χ0v) is 18.8. The van der Waals surface area contributed by atoms with Gasteiger partial charge in [0.15, 0.2) is 5.82 Å². The van der Waals surface area contributed by atoms with Crippen molar-refractivity contribution in [3.8, 4) is 5.82 Å². The zero-order chi connectivity index (χ0) is 22.1. The number of rotatable bonds is 6. The van der Waals surface area contributed by atoms with Crippen molar-refractivity contribution in [2.75, 3.05) is 0 Å². The van der Waals surface area contributed by atoms with E-state index >= 15 is 0 Å². The maximum atomic E-state index is 12.8. The van der Waals surface area contributed by atoms with Crippen molar-refractivity contribution in [1.82, 2.24) is 29.9 Å². The first-order chi connectivity index (χ1) is 15.6. The summed E-state index contributed by atoms with van der Waals surface area (Å²) in [6.45, 7) is 2.98. The maximum Gasteiger partial charge on any atom is 0.261 e. The molecule has 9 heteroatoms. The Morgan fingerprint density at radius 1 is 1.16 bits per heavy atom. The monoisotopic (exact) mass is 462 g/mol. The van der Waals surface area contributed by atoms with E-state index in [-0.39, 0.29) is 5.91 Å². The summed E-state index contributed by atoms with van der Waals surface area (Å²) >= 11 is 7.43. The van der Waals surface area contributed by atoms with Gasteiger partial charge in [0.1, 0.15) is 4.83 Å².